The molecular formula is C30H46N5O5-. The summed E-state index contributed by atoms with van der Waals surface area (Å²) in [4.78, 5) is 41.5. The van der Waals surface area contributed by atoms with Crippen molar-refractivity contribution in [2.24, 2.45) is 11.8 Å². The first-order chi connectivity index (χ1) is 18.9. The number of ether oxygens (including phenoxy) is 2. The summed E-state index contributed by atoms with van der Waals surface area (Å²) < 4.78 is 11.4. The van der Waals surface area contributed by atoms with Crippen LogP contribution in [-0.2, 0) is 9.53 Å². The normalized spacial score (nSPS) is 16.9. The molecule has 1 unspecified atom stereocenters. The predicted octanol–water partition coefficient (Wildman–Crippen LogP) is 5.08. The van der Waals surface area contributed by atoms with Gasteiger partial charge in [0.1, 0.15) is 17.4 Å². The maximum absolute atomic E-state index is 13.2. The van der Waals surface area contributed by atoms with Gasteiger partial charge in [-0.2, -0.15) is 0 Å². The molecule has 10 nitrogen and oxygen atoms in total. The smallest absolute Gasteiger partial charge is 0.408 e. The van der Waals surface area contributed by atoms with E-state index in [1.165, 1.54) is 0 Å². The number of carbonyl (C=O) groups excluding carboxylic acids is 3. The van der Waals surface area contributed by atoms with E-state index in [0.29, 0.717) is 50.0 Å². The maximum Gasteiger partial charge on any atom is 0.408 e. The first-order valence-electron chi connectivity index (χ1n) is 14.6. The molecule has 0 radical (unpaired) electrons. The molecule has 0 aliphatic carbocycles. The first kappa shape index (κ1) is 31.2. The molecule has 40 heavy (non-hydrogen) atoms. The van der Waals surface area contributed by atoms with Gasteiger partial charge in [0.15, 0.2) is 0 Å². The molecule has 222 valence electrons. The molecule has 0 spiro atoms. The van der Waals surface area contributed by atoms with Gasteiger partial charge >= 0.3 is 6.09 Å². The van der Waals surface area contributed by atoms with Gasteiger partial charge in [0.2, 0.25) is 11.9 Å². The molecule has 2 aliphatic rings. The maximum atomic E-state index is 13.2. The van der Waals surface area contributed by atoms with Gasteiger partial charge in [-0.1, -0.05) is 31.8 Å². The fourth-order valence-corrected chi connectivity index (χ4v) is 4.91. The van der Waals surface area contributed by atoms with Crippen LogP contribution in [0, 0.1) is 11.8 Å². The van der Waals surface area contributed by atoms with Crippen LogP contribution >= 0.6 is 0 Å². The lowest BCUT2D eigenvalue weighted by atomic mass is 9.92. The van der Waals surface area contributed by atoms with E-state index in [0.717, 1.165) is 38.5 Å². The Hall–Kier alpha value is -3.30. The quantitative estimate of drug-likeness (QED) is 0.250. The number of carbonyl (C=O) groups is 3. The number of hydrogen-bond acceptors (Lipinski definition) is 5. The number of piperidine rings is 1. The number of likely N-dealkylation sites (tertiary alicyclic amines) is 2. The molecule has 10 heteroatoms. The van der Waals surface area contributed by atoms with E-state index in [2.05, 4.69) is 10.6 Å². The minimum absolute atomic E-state index is 0.00493. The highest BCUT2D eigenvalue weighted by Crippen LogP contribution is 2.25. The highest BCUT2D eigenvalue weighted by atomic mass is 16.6. The van der Waals surface area contributed by atoms with Gasteiger partial charge in [-0.15, -0.1) is 0 Å². The van der Waals surface area contributed by atoms with Crippen molar-refractivity contribution in [1.29, 1.82) is 0 Å². The van der Waals surface area contributed by atoms with Gasteiger partial charge in [0, 0.05) is 26.2 Å². The fourth-order valence-electron chi connectivity index (χ4n) is 4.91. The van der Waals surface area contributed by atoms with Crippen molar-refractivity contribution in [1.82, 2.24) is 20.4 Å². The average Bonchev–Trinajstić information content (AvgIpc) is 3.44. The van der Waals surface area contributed by atoms with Crippen molar-refractivity contribution in [3.05, 3.63) is 35.2 Å². The second-order valence-electron chi connectivity index (χ2n) is 12.1. The summed E-state index contributed by atoms with van der Waals surface area (Å²) in [7, 11) is 0. The SMILES string of the molecule is CC(C)C(=[N-])NC(=O)N1CCC(CCCOc2ccc(C(NC(=O)OC(C)(C)C)C(=O)N3CCCC3)cc2)CC1. The van der Waals surface area contributed by atoms with Crippen molar-refractivity contribution in [3.8, 4) is 5.75 Å². The molecule has 1 aromatic rings. The van der Waals surface area contributed by atoms with Crippen LogP contribution in [0.1, 0.15) is 84.7 Å². The Morgan fingerprint density at radius 2 is 1.62 bits per heavy atom. The summed E-state index contributed by atoms with van der Waals surface area (Å²) >= 11 is 0. The molecule has 1 atom stereocenters. The van der Waals surface area contributed by atoms with Crippen molar-refractivity contribution >= 4 is 23.9 Å². The number of rotatable bonds is 9. The van der Waals surface area contributed by atoms with Gasteiger partial charge in [-0.25, -0.2) is 4.79 Å². The standard InChI is InChI=1S/C30H46N5O5/c1-21(2)26(31)33-28(37)35-18-14-22(15-19-35)9-8-20-39-24-12-10-23(11-13-24)25(27(36)34-16-6-7-17-34)32-29(38)40-30(3,4)5/h10-13,21-22,25H,6-9,14-20H2,1-5H3,(H2-,31,32,33,37,38)/q-1. The zero-order chi connectivity index (χ0) is 29.3. The van der Waals surface area contributed by atoms with E-state index in [-0.39, 0.29) is 23.7 Å². The Bertz CT molecular complexity index is 1010. The number of amides is 4. The van der Waals surface area contributed by atoms with Crippen LogP contribution in [0.5, 0.6) is 5.75 Å². The highest BCUT2D eigenvalue weighted by Gasteiger charge is 2.31. The van der Waals surface area contributed by atoms with Gasteiger partial charge < -0.3 is 35.3 Å². The number of nitrogens with zero attached hydrogens (tertiary/aromatic N) is 3. The number of urea groups is 1. The Morgan fingerprint density at radius 1 is 1.00 bits per heavy atom. The summed E-state index contributed by atoms with van der Waals surface area (Å²) in [5, 5.41) is 15.1. The van der Waals surface area contributed by atoms with Crippen LogP contribution in [0.2, 0.25) is 0 Å². The summed E-state index contributed by atoms with van der Waals surface area (Å²) in [6.07, 6.45) is 5.09. The van der Waals surface area contributed by atoms with E-state index in [9.17, 15) is 19.8 Å². The zero-order valence-corrected chi connectivity index (χ0v) is 24.7. The van der Waals surface area contributed by atoms with E-state index in [1.807, 2.05) is 38.1 Å². The molecule has 3 rings (SSSR count). The number of hydrogen-bond donors (Lipinski definition) is 2. The van der Waals surface area contributed by atoms with Gasteiger partial charge in [0.05, 0.1) is 6.61 Å². The minimum Gasteiger partial charge on any atom is -0.494 e. The van der Waals surface area contributed by atoms with Crippen LogP contribution in [0.4, 0.5) is 9.59 Å². The number of amidine groups is 1. The summed E-state index contributed by atoms with van der Waals surface area (Å²) in [6.45, 7) is 12.3. The van der Waals surface area contributed by atoms with Crippen LogP contribution in [0.25, 0.3) is 5.41 Å². The number of benzene rings is 1. The van der Waals surface area contributed by atoms with Crippen molar-refractivity contribution in [2.75, 3.05) is 32.8 Å². The van der Waals surface area contributed by atoms with Crippen molar-refractivity contribution in [2.45, 2.75) is 84.8 Å². The second kappa shape index (κ2) is 14.4. The first-order valence-corrected chi connectivity index (χ1v) is 14.6. The lowest BCUT2D eigenvalue weighted by Gasteiger charge is -2.35. The topological polar surface area (TPSA) is 123 Å². The van der Waals surface area contributed by atoms with Crippen LogP contribution in [0.3, 0.4) is 0 Å². The van der Waals surface area contributed by atoms with Crippen LogP contribution in [0.15, 0.2) is 24.3 Å². The monoisotopic (exact) mass is 556 g/mol. The van der Waals surface area contributed by atoms with Crippen molar-refractivity contribution < 1.29 is 23.9 Å². The van der Waals surface area contributed by atoms with E-state index >= 15 is 0 Å². The van der Waals surface area contributed by atoms with Gasteiger partial charge in [0.25, 0.3) is 0 Å². The third-order valence-corrected chi connectivity index (χ3v) is 7.25. The molecule has 4 amide bonds. The molecule has 0 aromatic heterocycles. The van der Waals surface area contributed by atoms with Gasteiger partial charge in [-0.3, -0.25) is 9.59 Å². The fraction of sp³-hybridized carbons (Fsp3) is 0.667. The molecule has 1 aromatic carbocycles. The molecule has 2 N–H and O–H groups in total. The Morgan fingerprint density at radius 3 is 2.20 bits per heavy atom. The molecule has 0 saturated carbocycles. The third-order valence-electron chi connectivity index (χ3n) is 7.25. The molecular weight excluding hydrogens is 510 g/mol. The largest absolute Gasteiger partial charge is 0.494 e. The Kier molecular flexibility index (Phi) is 11.2. The molecule has 2 fully saturated rings. The molecule has 2 heterocycles. The van der Waals surface area contributed by atoms with Crippen LogP contribution < -0.4 is 15.4 Å². The molecule has 0 bridgehead atoms. The second-order valence-corrected chi connectivity index (χ2v) is 12.1. The van der Waals surface area contributed by atoms with Crippen molar-refractivity contribution in [3.63, 3.8) is 0 Å². The van der Waals surface area contributed by atoms with Gasteiger partial charge in [-0.05, 0) is 88.8 Å². The molecule has 2 saturated heterocycles. The molecule has 2 aliphatic heterocycles. The minimum atomic E-state index is -0.817. The number of nitrogens with one attached hydrogen (secondary N) is 2. The Balaban J connectivity index is 1.45. The number of alkyl carbamates (subject to hydrolysis) is 1. The third kappa shape index (κ3) is 9.71. The summed E-state index contributed by atoms with van der Waals surface area (Å²) in [5.74, 6) is 1.02. The van der Waals surface area contributed by atoms with E-state index in [4.69, 9.17) is 9.47 Å². The Labute approximate surface area is 238 Å². The average molecular weight is 557 g/mol. The lowest BCUT2D eigenvalue weighted by molar-refractivity contribution is -0.132. The zero-order valence-electron chi connectivity index (χ0n) is 24.7. The lowest BCUT2D eigenvalue weighted by Crippen LogP contribution is -2.47. The van der Waals surface area contributed by atoms with E-state index < -0.39 is 17.7 Å². The summed E-state index contributed by atoms with van der Waals surface area (Å²) in [5.41, 5.74) is 0.0235. The van der Waals surface area contributed by atoms with Crippen LogP contribution in [-0.4, -0.2) is 72.1 Å². The summed E-state index contributed by atoms with van der Waals surface area (Å²) in [6, 6.07) is 6.25. The highest BCUT2D eigenvalue weighted by molar-refractivity contribution is 6.00. The van der Waals surface area contributed by atoms with E-state index in [1.54, 1.807) is 30.6 Å². The predicted molar refractivity (Wildman–Crippen MR) is 155 cm³/mol.